The van der Waals surface area contributed by atoms with Crippen molar-refractivity contribution in [3.05, 3.63) is 24.4 Å². The molecule has 0 saturated heterocycles. The molecule has 0 spiro atoms. The van der Waals surface area contributed by atoms with E-state index in [1.54, 1.807) is 18.4 Å². The Morgan fingerprint density at radius 3 is 3.20 bits per heavy atom. The van der Waals surface area contributed by atoms with Crippen molar-refractivity contribution in [3.63, 3.8) is 0 Å². The number of ketones is 1. The van der Waals surface area contributed by atoms with Gasteiger partial charge in [0.1, 0.15) is 0 Å². The number of carbonyl (C=O) groups excluding carboxylic acids is 1. The smallest absolute Gasteiger partial charge is 0.162 e. The van der Waals surface area contributed by atoms with E-state index in [4.69, 9.17) is 0 Å². The number of rotatable bonds is 2. The Balaban J connectivity index is 2.66. The number of allylic oxidation sites excluding steroid dienone is 2. The van der Waals surface area contributed by atoms with E-state index in [-0.39, 0.29) is 5.78 Å². The minimum atomic E-state index is 0.131. The van der Waals surface area contributed by atoms with E-state index in [1.807, 2.05) is 0 Å². The molecular formula is C8H9NO. The lowest BCUT2D eigenvalue weighted by molar-refractivity contribution is -0.113. The zero-order chi connectivity index (χ0) is 7.40. The summed E-state index contributed by atoms with van der Waals surface area (Å²) in [5, 5.41) is 0. The van der Waals surface area contributed by atoms with Crippen LogP contribution in [-0.2, 0) is 4.79 Å². The van der Waals surface area contributed by atoms with Crippen LogP contribution in [0.5, 0.6) is 0 Å². The van der Waals surface area contributed by atoms with Gasteiger partial charge >= 0.3 is 0 Å². The first kappa shape index (κ1) is 6.93. The first-order valence-electron chi connectivity index (χ1n) is 3.20. The van der Waals surface area contributed by atoms with Crippen molar-refractivity contribution in [2.75, 3.05) is 0 Å². The summed E-state index contributed by atoms with van der Waals surface area (Å²) >= 11 is 0. The van der Waals surface area contributed by atoms with Gasteiger partial charge < -0.3 is 0 Å². The molecule has 2 heteroatoms. The summed E-state index contributed by atoms with van der Waals surface area (Å²) in [6, 6.07) is 0. The van der Waals surface area contributed by atoms with Crippen LogP contribution in [0.4, 0.5) is 0 Å². The fourth-order valence-corrected chi connectivity index (χ4v) is 0.794. The minimum absolute atomic E-state index is 0.131. The molecular weight excluding hydrogens is 126 g/mol. The van der Waals surface area contributed by atoms with Crippen LogP contribution >= 0.6 is 0 Å². The molecule has 0 aromatic rings. The third kappa shape index (κ3) is 1.65. The molecule has 10 heavy (non-hydrogen) atoms. The second kappa shape index (κ2) is 3.11. The van der Waals surface area contributed by atoms with Gasteiger partial charge in [-0.3, -0.25) is 9.79 Å². The van der Waals surface area contributed by atoms with Gasteiger partial charge in [0.15, 0.2) is 5.78 Å². The predicted octanol–water partition coefficient (Wildman–Crippen LogP) is 1.49. The number of hydrogen-bond donors (Lipinski definition) is 0. The van der Waals surface area contributed by atoms with Gasteiger partial charge in [0, 0.05) is 30.8 Å². The van der Waals surface area contributed by atoms with Crippen molar-refractivity contribution in [2.45, 2.75) is 12.8 Å². The standard InChI is InChI=1S/C8H9NO/c1-2-3-7-6-8(10)4-5-9-7/h2,5-6H,1,3-4H2. The third-order valence-corrected chi connectivity index (χ3v) is 1.23. The molecule has 1 rings (SSSR count). The number of aliphatic imine (C=N–C) groups is 1. The van der Waals surface area contributed by atoms with E-state index in [9.17, 15) is 4.79 Å². The van der Waals surface area contributed by atoms with Crippen molar-refractivity contribution < 1.29 is 4.79 Å². The van der Waals surface area contributed by atoms with Crippen molar-refractivity contribution in [2.24, 2.45) is 4.99 Å². The van der Waals surface area contributed by atoms with E-state index in [0.29, 0.717) is 12.8 Å². The van der Waals surface area contributed by atoms with E-state index in [0.717, 1.165) is 5.70 Å². The van der Waals surface area contributed by atoms with Gasteiger partial charge in [-0.05, 0) is 0 Å². The Morgan fingerprint density at radius 1 is 1.80 bits per heavy atom. The number of nitrogens with zero attached hydrogens (tertiary/aromatic N) is 1. The largest absolute Gasteiger partial charge is 0.294 e. The highest BCUT2D eigenvalue weighted by molar-refractivity contribution is 6.01. The van der Waals surface area contributed by atoms with E-state index >= 15 is 0 Å². The molecule has 0 fully saturated rings. The molecule has 0 bridgehead atoms. The monoisotopic (exact) mass is 135 g/mol. The Kier molecular flexibility index (Phi) is 2.15. The van der Waals surface area contributed by atoms with Gasteiger partial charge in [-0.2, -0.15) is 0 Å². The second-order valence-electron chi connectivity index (χ2n) is 2.11. The molecule has 0 unspecified atom stereocenters. The lowest BCUT2D eigenvalue weighted by atomic mass is 10.2. The lowest BCUT2D eigenvalue weighted by Gasteiger charge is -2.00. The van der Waals surface area contributed by atoms with Gasteiger partial charge in [0.25, 0.3) is 0 Å². The van der Waals surface area contributed by atoms with Crippen molar-refractivity contribution in [1.29, 1.82) is 0 Å². The van der Waals surface area contributed by atoms with Crippen molar-refractivity contribution >= 4 is 12.0 Å². The van der Waals surface area contributed by atoms with Crippen LogP contribution < -0.4 is 0 Å². The Labute approximate surface area is 60.0 Å². The summed E-state index contributed by atoms with van der Waals surface area (Å²) in [6.45, 7) is 3.55. The van der Waals surface area contributed by atoms with Crippen LogP contribution in [0.25, 0.3) is 0 Å². The minimum Gasteiger partial charge on any atom is -0.294 e. The highest BCUT2D eigenvalue weighted by Crippen LogP contribution is 2.07. The first-order valence-corrected chi connectivity index (χ1v) is 3.20. The first-order chi connectivity index (χ1) is 4.83. The van der Waals surface area contributed by atoms with E-state index in [2.05, 4.69) is 11.6 Å². The zero-order valence-electron chi connectivity index (χ0n) is 5.71. The normalized spacial score (nSPS) is 16.8. The molecule has 1 heterocycles. The van der Waals surface area contributed by atoms with Crippen LogP contribution in [-0.4, -0.2) is 12.0 Å². The highest BCUT2D eigenvalue weighted by Gasteiger charge is 2.02. The van der Waals surface area contributed by atoms with Gasteiger partial charge in [-0.1, -0.05) is 6.08 Å². The van der Waals surface area contributed by atoms with Crippen molar-refractivity contribution in [1.82, 2.24) is 0 Å². The Hall–Kier alpha value is -1.18. The molecule has 0 amide bonds. The average molecular weight is 135 g/mol. The van der Waals surface area contributed by atoms with Gasteiger partial charge in [0.2, 0.25) is 0 Å². The fourth-order valence-electron chi connectivity index (χ4n) is 0.794. The lowest BCUT2D eigenvalue weighted by Crippen LogP contribution is -2.00. The molecule has 1 aliphatic rings. The molecule has 0 aromatic carbocycles. The number of hydrogen-bond acceptors (Lipinski definition) is 2. The fraction of sp³-hybridized carbons (Fsp3) is 0.250. The van der Waals surface area contributed by atoms with Crippen LogP contribution in [0.15, 0.2) is 29.4 Å². The van der Waals surface area contributed by atoms with Gasteiger partial charge in [0.05, 0.1) is 0 Å². The molecule has 1 aliphatic heterocycles. The van der Waals surface area contributed by atoms with Gasteiger partial charge in [-0.25, -0.2) is 0 Å². The van der Waals surface area contributed by atoms with Crippen molar-refractivity contribution in [3.8, 4) is 0 Å². The zero-order valence-corrected chi connectivity index (χ0v) is 5.71. The summed E-state index contributed by atoms with van der Waals surface area (Å²) in [5.41, 5.74) is 0.811. The SMILES string of the molecule is C=CCC1=CC(=O)CC=N1. The van der Waals surface area contributed by atoms with E-state index in [1.165, 1.54) is 0 Å². The second-order valence-corrected chi connectivity index (χ2v) is 2.11. The maximum atomic E-state index is 10.7. The summed E-state index contributed by atoms with van der Waals surface area (Å²) in [6.07, 6.45) is 6.08. The van der Waals surface area contributed by atoms with E-state index < -0.39 is 0 Å². The summed E-state index contributed by atoms with van der Waals surface area (Å²) in [5.74, 6) is 0.131. The van der Waals surface area contributed by atoms with Crippen LogP contribution in [0, 0.1) is 0 Å². The molecule has 0 atom stereocenters. The Bertz CT molecular complexity index is 213. The Morgan fingerprint density at radius 2 is 2.60 bits per heavy atom. The highest BCUT2D eigenvalue weighted by atomic mass is 16.1. The maximum Gasteiger partial charge on any atom is 0.162 e. The quantitative estimate of drug-likeness (QED) is 0.527. The van der Waals surface area contributed by atoms with Crippen LogP contribution in [0.2, 0.25) is 0 Å². The molecule has 0 aromatic heterocycles. The molecule has 0 aliphatic carbocycles. The van der Waals surface area contributed by atoms with Crippen LogP contribution in [0.1, 0.15) is 12.8 Å². The molecule has 52 valence electrons. The molecule has 0 radical (unpaired) electrons. The molecule has 0 saturated carbocycles. The van der Waals surface area contributed by atoms with Crippen LogP contribution in [0.3, 0.4) is 0 Å². The summed E-state index contributed by atoms with van der Waals surface area (Å²) < 4.78 is 0. The number of carbonyl (C=O) groups is 1. The maximum absolute atomic E-state index is 10.7. The molecule has 2 nitrogen and oxygen atoms in total. The predicted molar refractivity (Wildman–Crippen MR) is 41.0 cm³/mol. The summed E-state index contributed by atoms with van der Waals surface area (Å²) in [4.78, 5) is 14.8. The average Bonchev–Trinajstić information content (AvgIpc) is 1.88. The molecule has 0 N–H and O–H groups in total. The van der Waals surface area contributed by atoms with Gasteiger partial charge in [-0.15, -0.1) is 6.58 Å². The third-order valence-electron chi connectivity index (χ3n) is 1.23. The summed E-state index contributed by atoms with van der Waals surface area (Å²) in [7, 11) is 0. The topological polar surface area (TPSA) is 29.4 Å².